The van der Waals surface area contributed by atoms with Crippen molar-refractivity contribution in [2.45, 2.75) is 30.5 Å². The minimum atomic E-state index is -4.74. The van der Waals surface area contributed by atoms with Gasteiger partial charge in [0.15, 0.2) is 0 Å². The lowest BCUT2D eigenvalue weighted by Crippen LogP contribution is -2.43. The van der Waals surface area contributed by atoms with Crippen molar-refractivity contribution in [1.29, 1.82) is 0 Å². The fourth-order valence-corrected chi connectivity index (χ4v) is 6.06. The van der Waals surface area contributed by atoms with Gasteiger partial charge in [-0.05, 0) is 72.5 Å². The van der Waals surface area contributed by atoms with Gasteiger partial charge in [-0.1, -0.05) is 41.0 Å². The van der Waals surface area contributed by atoms with E-state index in [1.165, 1.54) is 30.3 Å². The van der Waals surface area contributed by atoms with Crippen LogP contribution in [-0.2, 0) is 16.2 Å². The van der Waals surface area contributed by atoms with Crippen LogP contribution in [-0.4, -0.2) is 27.6 Å². The molecule has 1 aliphatic heterocycles. The Morgan fingerprint density at radius 2 is 1.95 bits per heavy atom. The van der Waals surface area contributed by atoms with Crippen LogP contribution in [0.3, 0.4) is 0 Å². The Bertz CT molecular complexity index is 1570. The number of azide groups is 1. The first-order valence-corrected chi connectivity index (χ1v) is 13.4. The summed E-state index contributed by atoms with van der Waals surface area (Å²) in [5.74, 6) is -0.365. The van der Waals surface area contributed by atoms with Gasteiger partial charge < -0.3 is 4.74 Å². The van der Waals surface area contributed by atoms with Gasteiger partial charge in [0.25, 0.3) is 10.0 Å². The van der Waals surface area contributed by atoms with Gasteiger partial charge in [0.2, 0.25) is 0 Å². The van der Waals surface area contributed by atoms with Gasteiger partial charge >= 0.3 is 6.18 Å². The Morgan fingerprint density at radius 1 is 1.21 bits per heavy atom. The van der Waals surface area contributed by atoms with Crippen molar-refractivity contribution >= 4 is 39.0 Å². The monoisotopic (exact) mass is 580 g/mol. The third-order valence-corrected chi connectivity index (χ3v) is 8.11. The van der Waals surface area contributed by atoms with E-state index >= 15 is 0 Å². The molecule has 1 atom stereocenters. The van der Waals surface area contributed by atoms with Crippen LogP contribution in [0.4, 0.5) is 23.2 Å². The molecule has 0 bridgehead atoms. The summed E-state index contributed by atoms with van der Waals surface area (Å²) in [5.41, 5.74) is 8.69. The van der Waals surface area contributed by atoms with Crippen LogP contribution in [0.15, 0.2) is 70.7 Å². The van der Waals surface area contributed by atoms with E-state index in [-0.39, 0.29) is 41.5 Å². The standard InChI is InChI=1S/C26H21ClF4N4O3S/c1-16(25-21(27)6-3-7-22(25)28)12-17-8-9-24-23(13-17)35(15-19(38-24)10-11-33-34-32)39(36,37)20-5-2-4-18(14-20)26(29,30)31/h2-9,12-14,19H,10-11,15H2,1H3/t19-/m0/s1. The molecule has 0 amide bonds. The van der Waals surface area contributed by atoms with E-state index in [0.717, 1.165) is 22.5 Å². The average Bonchev–Trinajstić information content (AvgIpc) is 2.88. The van der Waals surface area contributed by atoms with Crippen LogP contribution < -0.4 is 9.04 Å². The second-order valence-corrected chi connectivity index (χ2v) is 11.0. The molecule has 0 unspecified atom stereocenters. The van der Waals surface area contributed by atoms with Gasteiger partial charge in [-0.15, -0.1) is 0 Å². The number of alkyl halides is 3. The van der Waals surface area contributed by atoms with Gasteiger partial charge in [0.1, 0.15) is 17.7 Å². The summed E-state index contributed by atoms with van der Waals surface area (Å²) in [7, 11) is -4.48. The average molecular weight is 581 g/mol. The Kier molecular flexibility index (Phi) is 8.10. The lowest BCUT2D eigenvalue weighted by atomic mass is 10.0. The molecule has 13 heteroatoms. The van der Waals surface area contributed by atoms with Crippen LogP contribution in [0, 0.1) is 5.82 Å². The molecule has 0 N–H and O–H groups in total. The molecule has 0 aliphatic carbocycles. The molecule has 39 heavy (non-hydrogen) atoms. The highest BCUT2D eigenvalue weighted by atomic mass is 35.5. The molecule has 0 spiro atoms. The van der Waals surface area contributed by atoms with E-state index in [9.17, 15) is 26.0 Å². The zero-order chi connectivity index (χ0) is 28.4. The van der Waals surface area contributed by atoms with Gasteiger partial charge in [-0.3, -0.25) is 4.31 Å². The van der Waals surface area contributed by atoms with E-state index in [2.05, 4.69) is 10.0 Å². The van der Waals surface area contributed by atoms with Crippen molar-refractivity contribution in [3.8, 4) is 5.75 Å². The molecule has 0 radical (unpaired) electrons. The van der Waals surface area contributed by atoms with Crippen LogP contribution in [0.5, 0.6) is 5.75 Å². The zero-order valence-corrected chi connectivity index (χ0v) is 21.9. The maximum atomic E-state index is 14.4. The first-order valence-electron chi connectivity index (χ1n) is 11.6. The molecule has 204 valence electrons. The van der Waals surface area contributed by atoms with Crippen LogP contribution in [0.1, 0.15) is 30.0 Å². The third-order valence-electron chi connectivity index (χ3n) is 6.02. The molecule has 0 saturated heterocycles. The van der Waals surface area contributed by atoms with E-state index in [1.807, 2.05) is 0 Å². The molecule has 1 aliphatic rings. The number of fused-ring (bicyclic) bond motifs is 1. The number of benzene rings is 3. The number of hydrogen-bond acceptors (Lipinski definition) is 4. The summed E-state index contributed by atoms with van der Waals surface area (Å²) in [6.07, 6.45) is -3.70. The molecule has 7 nitrogen and oxygen atoms in total. The van der Waals surface area contributed by atoms with Crippen LogP contribution in [0.25, 0.3) is 22.1 Å². The number of allylic oxidation sites excluding steroid dienone is 1. The maximum absolute atomic E-state index is 14.4. The summed E-state index contributed by atoms with van der Waals surface area (Å²) in [4.78, 5) is 2.13. The predicted octanol–water partition coefficient (Wildman–Crippen LogP) is 7.72. The molecule has 0 fully saturated rings. The number of halogens is 5. The summed E-state index contributed by atoms with van der Waals surface area (Å²) in [6.45, 7) is 1.43. The molecule has 3 aromatic rings. The fourth-order valence-electron chi connectivity index (χ4n) is 4.20. The smallest absolute Gasteiger partial charge is 0.416 e. The molecule has 3 aromatic carbocycles. The van der Waals surface area contributed by atoms with Crippen molar-refractivity contribution in [1.82, 2.24) is 0 Å². The van der Waals surface area contributed by atoms with Crippen molar-refractivity contribution < 1.29 is 30.7 Å². The van der Waals surface area contributed by atoms with Crippen LogP contribution in [0.2, 0.25) is 5.02 Å². The highest BCUT2D eigenvalue weighted by Gasteiger charge is 2.37. The summed E-state index contributed by atoms with van der Waals surface area (Å²) < 4.78 is 88.7. The zero-order valence-electron chi connectivity index (χ0n) is 20.4. The van der Waals surface area contributed by atoms with Gasteiger partial charge in [-0.25, -0.2) is 12.8 Å². The lowest BCUT2D eigenvalue weighted by molar-refractivity contribution is -0.137. The lowest BCUT2D eigenvalue weighted by Gasteiger charge is -2.35. The third kappa shape index (κ3) is 6.13. The first-order chi connectivity index (χ1) is 18.4. The second kappa shape index (κ2) is 11.2. The Hall–Kier alpha value is -3.73. The summed E-state index contributed by atoms with van der Waals surface area (Å²) in [6, 6.07) is 12.4. The van der Waals surface area contributed by atoms with Crippen molar-refractivity contribution in [3.05, 3.63) is 98.6 Å². The maximum Gasteiger partial charge on any atom is 0.416 e. The topological polar surface area (TPSA) is 95.4 Å². The molecule has 0 aromatic heterocycles. The minimum absolute atomic E-state index is 0.0252. The molecular formula is C26H21ClF4N4O3S. The predicted molar refractivity (Wildman–Crippen MR) is 140 cm³/mol. The largest absolute Gasteiger partial charge is 0.486 e. The van der Waals surface area contributed by atoms with E-state index in [4.69, 9.17) is 21.9 Å². The fraction of sp³-hybridized carbons (Fsp3) is 0.231. The normalized spacial score (nSPS) is 15.8. The number of rotatable bonds is 7. The minimum Gasteiger partial charge on any atom is -0.486 e. The second-order valence-electron chi connectivity index (χ2n) is 8.70. The number of hydrogen-bond donors (Lipinski definition) is 0. The van der Waals surface area contributed by atoms with E-state index < -0.39 is 38.6 Å². The highest BCUT2D eigenvalue weighted by molar-refractivity contribution is 7.92. The molecule has 0 saturated carbocycles. The molecular weight excluding hydrogens is 560 g/mol. The summed E-state index contributed by atoms with van der Waals surface area (Å²) >= 11 is 6.17. The van der Waals surface area contributed by atoms with Gasteiger partial charge in [-0.2, -0.15) is 13.2 Å². The van der Waals surface area contributed by atoms with Crippen molar-refractivity contribution in [2.75, 3.05) is 17.4 Å². The van der Waals surface area contributed by atoms with Crippen molar-refractivity contribution in [2.24, 2.45) is 5.11 Å². The Morgan fingerprint density at radius 3 is 2.64 bits per heavy atom. The van der Waals surface area contributed by atoms with E-state index in [0.29, 0.717) is 17.2 Å². The number of nitrogens with zero attached hydrogens (tertiary/aromatic N) is 4. The number of anilines is 1. The molecule has 1 heterocycles. The summed E-state index contributed by atoms with van der Waals surface area (Å²) in [5, 5.41) is 3.65. The Balaban J connectivity index is 1.80. The SMILES string of the molecule is CC(=Cc1ccc2c(c1)N(S(=O)(=O)c1cccc(C(F)(F)F)c1)C[C@H](CCN=[N+]=[N-])O2)c1c(F)cccc1Cl. The molecule has 4 rings (SSSR count). The first kappa shape index (κ1) is 28.3. The number of sulfonamides is 1. The number of ether oxygens (including phenoxy) is 1. The van der Waals surface area contributed by atoms with E-state index in [1.54, 1.807) is 19.1 Å². The Labute approximate surface area is 227 Å². The van der Waals surface area contributed by atoms with Crippen LogP contribution >= 0.6 is 11.6 Å². The quantitative estimate of drug-likeness (QED) is 0.0941. The van der Waals surface area contributed by atoms with Crippen molar-refractivity contribution in [3.63, 3.8) is 0 Å². The van der Waals surface area contributed by atoms with Gasteiger partial charge in [0.05, 0.1) is 27.7 Å². The van der Waals surface area contributed by atoms with Gasteiger partial charge in [0, 0.05) is 17.0 Å². The highest BCUT2D eigenvalue weighted by Crippen LogP contribution is 2.40.